The molecule has 1 saturated heterocycles. The Balaban J connectivity index is 1.86. The number of aliphatic hydroxyl groups is 1. The third-order valence-electron chi connectivity index (χ3n) is 3.55. The molecule has 6 heteroatoms. The average Bonchev–Trinajstić information content (AvgIpc) is 2.50. The highest BCUT2D eigenvalue weighted by Crippen LogP contribution is 2.24. The molecule has 1 amide bonds. The van der Waals surface area contributed by atoms with Crippen molar-refractivity contribution in [3.05, 3.63) is 33.8 Å². The van der Waals surface area contributed by atoms with Gasteiger partial charge >= 0.3 is 0 Å². The topological polar surface area (TPSA) is 49.8 Å². The molecule has 0 spiro atoms. The molecule has 0 saturated carbocycles. The lowest BCUT2D eigenvalue weighted by atomic mass is 10.1. The monoisotopic (exact) mass is 331 g/mol. The van der Waals surface area contributed by atoms with Crippen molar-refractivity contribution in [3.63, 3.8) is 0 Å². The Hall–Kier alpha value is -0.810. The minimum atomic E-state index is -0.0256. The number of carbonyl (C=O) groups is 1. The number of ether oxygens (including phenoxy) is 1. The summed E-state index contributed by atoms with van der Waals surface area (Å²) in [4.78, 5) is 14.2. The maximum absolute atomic E-state index is 12.4. The van der Waals surface area contributed by atoms with Gasteiger partial charge in [0.1, 0.15) is 0 Å². The number of hydrogen-bond acceptors (Lipinski definition) is 3. The van der Waals surface area contributed by atoms with Gasteiger partial charge < -0.3 is 14.7 Å². The first-order valence-electron chi connectivity index (χ1n) is 7.08. The zero-order valence-corrected chi connectivity index (χ0v) is 13.2. The second-order valence-corrected chi connectivity index (χ2v) is 5.88. The maximum Gasteiger partial charge on any atom is 0.253 e. The van der Waals surface area contributed by atoms with Crippen LogP contribution in [0.1, 0.15) is 29.6 Å². The predicted octanol–water partition coefficient (Wildman–Crippen LogP) is 3.00. The minimum absolute atomic E-state index is 0.0256. The van der Waals surface area contributed by atoms with E-state index < -0.39 is 0 Å². The van der Waals surface area contributed by atoms with Gasteiger partial charge in [0.25, 0.3) is 5.91 Å². The summed E-state index contributed by atoms with van der Waals surface area (Å²) in [6.45, 7) is 2.06. The Morgan fingerprint density at radius 3 is 2.62 bits per heavy atom. The number of aliphatic hydroxyl groups excluding tert-OH is 1. The maximum atomic E-state index is 12.4. The predicted molar refractivity (Wildman–Crippen MR) is 83.0 cm³/mol. The van der Waals surface area contributed by atoms with Crippen LogP contribution in [0.5, 0.6) is 0 Å². The standard InChI is InChI=1S/C15H19Cl2NO3/c16-13-3-2-11(10-14(13)17)15(20)18-6-4-12(5-7-18)21-9-1-8-19/h2-3,10,12,19H,1,4-9H2. The Labute approximate surface area is 134 Å². The van der Waals surface area contributed by atoms with Gasteiger partial charge in [0.2, 0.25) is 0 Å². The van der Waals surface area contributed by atoms with Crippen molar-refractivity contribution in [3.8, 4) is 0 Å². The van der Waals surface area contributed by atoms with Crippen LogP contribution in [0.4, 0.5) is 0 Å². The smallest absolute Gasteiger partial charge is 0.253 e. The van der Waals surface area contributed by atoms with E-state index in [-0.39, 0.29) is 18.6 Å². The third kappa shape index (κ3) is 4.58. The number of rotatable bonds is 5. The first-order chi connectivity index (χ1) is 10.1. The largest absolute Gasteiger partial charge is 0.396 e. The van der Waals surface area contributed by atoms with Gasteiger partial charge in [-0.05, 0) is 37.5 Å². The van der Waals surface area contributed by atoms with Crippen LogP contribution in [-0.4, -0.2) is 48.3 Å². The number of halogens is 2. The average molecular weight is 332 g/mol. The SMILES string of the molecule is O=C(c1ccc(Cl)c(Cl)c1)N1CCC(OCCCO)CC1. The summed E-state index contributed by atoms with van der Waals surface area (Å²) in [5.74, 6) is -0.0256. The van der Waals surface area contributed by atoms with E-state index in [1.807, 2.05) is 4.90 Å². The van der Waals surface area contributed by atoms with Gasteiger partial charge in [-0.1, -0.05) is 23.2 Å². The van der Waals surface area contributed by atoms with Gasteiger partial charge in [-0.3, -0.25) is 4.79 Å². The van der Waals surface area contributed by atoms with Crippen LogP contribution in [0, 0.1) is 0 Å². The highest BCUT2D eigenvalue weighted by atomic mass is 35.5. The summed E-state index contributed by atoms with van der Waals surface area (Å²) >= 11 is 11.8. The molecule has 1 aliphatic rings. The molecule has 21 heavy (non-hydrogen) atoms. The van der Waals surface area contributed by atoms with Crippen LogP contribution >= 0.6 is 23.2 Å². The van der Waals surface area contributed by atoms with Crippen molar-refractivity contribution < 1.29 is 14.6 Å². The van der Waals surface area contributed by atoms with Gasteiger partial charge in [0.05, 0.1) is 16.1 Å². The quantitative estimate of drug-likeness (QED) is 0.844. The number of amides is 1. The Bertz CT molecular complexity index is 488. The van der Waals surface area contributed by atoms with E-state index in [0.29, 0.717) is 41.7 Å². The van der Waals surface area contributed by atoms with E-state index in [2.05, 4.69) is 0 Å². The summed E-state index contributed by atoms with van der Waals surface area (Å²) in [5.41, 5.74) is 0.559. The highest BCUT2D eigenvalue weighted by Gasteiger charge is 2.24. The molecule has 1 aliphatic heterocycles. The summed E-state index contributed by atoms with van der Waals surface area (Å²) in [6.07, 6.45) is 2.47. The first kappa shape index (κ1) is 16.6. The van der Waals surface area contributed by atoms with Crippen molar-refractivity contribution in [2.75, 3.05) is 26.3 Å². The normalized spacial score (nSPS) is 16.2. The molecular formula is C15H19Cl2NO3. The second kappa shape index (κ2) is 7.99. The molecule has 1 fully saturated rings. The Morgan fingerprint density at radius 2 is 2.00 bits per heavy atom. The molecule has 1 N–H and O–H groups in total. The summed E-state index contributed by atoms with van der Waals surface area (Å²) in [6, 6.07) is 4.94. The van der Waals surface area contributed by atoms with Gasteiger partial charge in [0, 0.05) is 31.9 Å². The fraction of sp³-hybridized carbons (Fsp3) is 0.533. The molecule has 0 radical (unpaired) electrons. The molecule has 2 rings (SSSR count). The van der Waals surface area contributed by atoms with Gasteiger partial charge in [-0.2, -0.15) is 0 Å². The zero-order valence-electron chi connectivity index (χ0n) is 11.7. The van der Waals surface area contributed by atoms with E-state index in [1.165, 1.54) is 0 Å². The van der Waals surface area contributed by atoms with E-state index in [0.717, 1.165) is 12.8 Å². The first-order valence-corrected chi connectivity index (χ1v) is 7.84. The lowest BCUT2D eigenvalue weighted by Crippen LogP contribution is -2.41. The zero-order chi connectivity index (χ0) is 15.2. The number of hydrogen-bond donors (Lipinski definition) is 1. The number of piperidine rings is 1. The van der Waals surface area contributed by atoms with Crippen molar-refractivity contribution in [2.24, 2.45) is 0 Å². The van der Waals surface area contributed by atoms with E-state index >= 15 is 0 Å². The fourth-order valence-electron chi connectivity index (χ4n) is 2.35. The number of benzene rings is 1. The summed E-state index contributed by atoms with van der Waals surface area (Å²) in [5, 5.41) is 9.57. The van der Waals surface area contributed by atoms with Crippen LogP contribution < -0.4 is 0 Å². The summed E-state index contributed by atoms with van der Waals surface area (Å²) in [7, 11) is 0. The second-order valence-electron chi connectivity index (χ2n) is 5.07. The lowest BCUT2D eigenvalue weighted by molar-refractivity contribution is 0.00397. The molecule has 0 aromatic heterocycles. The molecule has 0 bridgehead atoms. The highest BCUT2D eigenvalue weighted by molar-refractivity contribution is 6.42. The van der Waals surface area contributed by atoms with Crippen LogP contribution in [0.3, 0.4) is 0 Å². The van der Waals surface area contributed by atoms with Gasteiger partial charge in [-0.15, -0.1) is 0 Å². The van der Waals surface area contributed by atoms with Crippen molar-refractivity contribution in [1.29, 1.82) is 0 Å². The number of likely N-dealkylation sites (tertiary alicyclic amines) is 1. The van der Waals surface area contributed by atoms with Crippen LogP contribution in [0.2, 0.25) is 10.0 Å². The molecule has 1 heterocycles. The molecule has 0 aliphatic carbocycles. The fourth-order valence-corrected chi connectivity index (χ4v) is 2.65. The van der Waals surface area contributed by atoms with Crippen LogP contribution in [-0.2, 0) is 4.74 Å². The molecule has 116 valence electrons. The minimum Gasteiger partial charge on any atom is -0.396 e. The molecule has 0 atom stereocenters. The van der Waals surface area contributed by atoms with Gasteiger partial charge in [0.15, 0.2) is 0 Å². The van der Waals surface area contributed by atoms with E-state index in [1.54, 1.807) is 18.2 Å². The Kier molecular flexibility index (Phi) is 6.30. The molecule has 1 aromatic rings. The van der Waals surface area contributed by atoms with E-state index in [4.69, 9.17) is 33.0 Å². The molecule has 1 aromatic carbocycles. The Morgan fingerprint density at radius 1 is 1.29 bits per heavy atom. The van der Waals surface area contributed by atoms with Crippen LogP contribution in [0.25, 0.3) is 0 Å². The molecular weight excluding hydrogens is 313 g/mol. The number of carbonyl (C=O) groups excluding carboxylic acids is 1. The van der Waals surface area contributed by atoms with Crippen LogP contribution in [0.15, 0.2) is 18.2 Å². The van der Waals surface area contributed by atoms with Gasteiger partial charge in [-0.25, -0.2) is 0 Å². The lowest BCUT2D eigenvalue weighted by Gasteiger charge is -2.32. The third-order valence-corrected chi connectivity index (χ3v) is 4.29. The molecule has 4 nitrogen and oxygen atoms in total. The van der Waals surface area contributed by atoms with E-state index in [9.17, 15) is 4.79 Å². The van der Waals surface area contributed by atoms with Crippen molar-refractivity contribution in [2.45, 2.75) is 25.4 Å². The number of nitrogens with zero attached hydrogens (tertiary/aromatic N) is 1. The summed E-state index contributed by atoms with van der Waals surface area (Å²) < 4.78 is 5.66. The van der Waals surface area contributed by atoms with Crippen molar-refractivity contribution >= 4 is 29.1 Å². The van der Waals surface area contributed by atoms with Crippen molar-refractivity contribution in [1.82, 2.24) is 4.90 Å². The molecule has 0 unspecified atom stereocenters.